The number of hydrogen-bond donors (Lipinski definition) is 0. The lowest BCUT2D eigenvalue weighted by molar-refractivity contribution is -0.866. The van der Waals surface area contributed by atoms with Crippen LogP contribution >= 0.6 is 11.8 Å². The molecule has 5 heteroatoms. The minimum Gasteiger partial charge on any atom is -0.340 e. The van der Waals surface area contributed by atoms with Gasteiger partial charge in [0.1, 0.15) is 0 Å². The lowest BCUT2D eigenvalue weighted by atomic mass is 9.91. The molecule has 0 N–H and O–H groups in total. The molecule has 3 unspecified atom stereocenters. The van der Waals surface area contributed by atoms with Crippen molar-refractivity contribution in [2.45, 2.75) is 75.9 Å². The maximum Gasteiger partial charge on any atom is 0.704 e. The van der Waals surface area contributed by atoms with Crippen molar-refractivity contribution >= 4 is 24.2 Å². The van der Waals surface area contributed by atoms with Crippen LogP contribution in [0.3, 0.4) is 0 Å². The molecule has 1 saturated heterocycles. The van der Waals surface area contributed by atoms with Crippen LogP contribution in [0, 0.1) is 20.8 Å². The van der Waals surface area contributed by atoms with Gasteiger partial charge < -0.3 is 9.47 Å². The van der Waals surface area contributed by atoms with Gasteiger partial charge in [-0.3, -0.25) is 0 Å². The van der Waals surface area contributed by atoms with Gasteiger partial charge in [0.15, 0.2) is 23.9 Å². The van der Waals surface area contributed by atoms with E-state index in [1.807, 2.05) is 11.8 Å². The van der Waals surface area contributed by atoms with Crippen LogP contribution in [0.5, 0.6) is 11.5 Å². The Kier molecular flexibility index (Phi) is 6.48. The number of fused-ring (bicyclic) bond motifs is 5. The van der Waals surface area contributed by atoms with E-state index in [2.05, 4.69) is 121 Å². The third-order valence-corrected chi connectivity index (χ3v) is 10.5. The topological polar surface area (TPSA) is 24.5 Å². The molecule has 2 fully saturated rings. The molecule has 4 nitrogen and oxygen atoms in total. The summed E-state index contributed by atoms with van der Waals surface area (Å²) in [6.45, 7) is 6.47. The minimum atomic E-state index is -0.982. The number of hydrogen-bond acceptors (Lipinski definition) is 3. The fourth-order valence-electron chi connectivity index (χ4n) is 7.55. The molecule has 4 aromatic carbocycles. The first kappa shape index (κ1) is 26.8. The van der Waals surface area contributed by atoms with Gasteiger partial charge in [0, 0.05) is 23.5 Å². The van der Waals surface area contributed by atoms with Crippen molar-refractivity contribution in [1.29, 1.82) is 0 Å². The van der Waals surface area contributed by atoms with E-state index in [0.29, 0.717) is 12.1 Å². The van der Waals surface area contributed by atoms with Crippen LogP contribution in [0.25, 0.3) is 11.1 Å². The molecule has 1 saturated carbocycles. The molecule has 0 bridgehead atoms. The average Bonchev–Trinajstić information content (AvgIpc) is 3.29. The van der Waals surface area contributed by atoms with Gasteiger partial charge in [0.25, 0.3) is 0 Å². The second-order valence-corrected chi connectivity index (χ2v) is 13.7. The van der Waals surface area contributed by atoms with E-state index in [-0.39, 0.29) is 0 Å². The molecule has 43 heavy (non-hydrogen) atoms. The molecule has 4 aromatic rings. The highest BCUT2D eigenvalue weighted by Crippen LogP contribution is 2.46. The lowest BCUT2D eigenvalue weighted by Gasteiger charge is -2.29. The summed E-state index contributed by atoms with van der Waals surface area (Å²) in [6, 6.07) is 28.5. The maximum absolute atomic E-state index is 7.07. The maximum atomic E-state index is 7.07. The number of benzene rings is 4. The Morgan fingerprint density at radius 3 is 2.02 bits per heavy atom. The summed E-state index contributed by atoms with van der Waals surface area (Å²) in [6.07, 6.45) is 10.5. The first-order valence-electron chi connectivity index (χ1n) is 15.7. The van der Waals surface area contributed by atoms with E-state index < -0.39 is 6.03 Å². The summed E-state index contributed by atoms with van der Waals surface area (Å²) in [5.74, 6) is 2.92. The van der Waals surface area contributed by atoms with Gasteiger partial charge in [-0.05, 0) is 104 Å². The van der Waals surface area contributed by atoms with Crippen molar-refractivity contribution in [2.24, 2.45) is 0 Å². The van der Waals surface area contributed by atoms with Crippen molar-refractivity contribution < 1.29 is 18.6 Å². The largest absolute Gasteiger partial charge is 0.704 e. The fourth-order valence-corrected chi connectivity index (χ4v) is 8.45. The smallest absolute Gasteiger partial charge is 0.340 e. The van der Waals surface area contributed by atoms with Gasteiger partial charge in [0.05, 0.1) is 11.1 Å². The first-order chi connectivity index (χ1) is 21.0. The molecule has 0 radical (unpaired) electrons. The summed E-state index contributed by atoms with van der Waals surface area (Å²) in [7, 11) is 0. The zero-order chi connectivity index (χ0) is 29.1. The standard InChI is InChI=1S/C38H38N2O2S/c1-25-19-26(2)36-31(20-25)23-39-34-11-7-8-12-35(34)40-24-32-22-30(21-27(3)37(32)42-38(39,40)41-36)29-13-15-33(16-14-29)43-18-17-28-9-5-4-6-10-28/h4-6,9-10,13-16,19-24,34-35H,7-8,11-12,17-18H2,1-3H3/q+2. The monoisotopic (exact) mass is 586 g/mol. The Morgan fingerprint density at radius 2 is 1.35 bits per heavy atom. The normalized spacial score (nSPS) is 23.0. The van der Waals surface area contributed by atoms with Gasteiger partial charge in [-0.2, -0.15) is 0 Å². The summed E-state index contributed by atoms with van der Waals surface area (Å²) < 4.78 is 18.8. The summed E-state index contributed by atoms with van der Waals surface area (Å²) >= 11 is 1.92. The second-order valence-electron chi connectivity index (χ2n) is 12.6. The van der Waals surface area contributed by atoms with E-state index in [0.717, 1.165) is 58.8 Å². The van der Waals surface area contributed by atoms with E-state index >= 15 is 0 Å². The quantitative estimate of drug-likeness (QED) is 0.176. The minimum absolute atomic E-state index is 0.352. The van der Waals surface area contributed by atoms with Crippen molar-refractivity contribution in [1.82, 2.24) is 0 Å². The van der Waals surface area contributed by atoms with Crippen LogP contribution in [-0.2, 0) is 6.42 Å². The zero-order valence-electron chi connectivity index (χ0n) is 25.2. The van der Waals surface area contributed by atoms with Crippen LogP contribution in [0.15, 0.2) is 83.8 Å². The van der Waals surface area contributed by atoms with Crippen molar-refractivity contribution in [3.8, 4) is 22.6 Å². The van der Waals surface area contributed by atoms with E-state index in [1.54, 1.807) is 0 Å². The highest BCUT2D eigenvalue weighted by molar-refractivity contribution is 7.99. The van der Waals surface area contributed by atoms with Gasteiger partial charge in [-0.15, -0.1) is 11.8 Å². The Balaban J connectivity index is 1.12. The Hall–Kier alpha value is -3.83. The predicted molar refractivity (Wildman–Crippen MR) is 174 cm³/mol. The number of ether oxygens (including phenoxy) is 2. The van der Waals surface area contributed by atoms with Crippen LogP contribution in [0.2, 0.25) is 0 Å². The zero-order valence-corrected chi connectivity index (χ0v) is 26.0. The first-order valence-corrected chi connectivity index (χ1v) is 16.6. The van der Waals surface area contributed by atoms with Crippen LogP contribution in [0.1, 0.15) is 59.1 Å². The summed E-state index contributed by atoms with van der Waals surface area (Å²) in [5, 5.41) is 0. The Bertz CT molecular complexity index is 1790. The average molecular weight is 587 g/mol. The lowest BCUT2D eigenvalue weighted by Crippen LogP contribution is -2.60. The van der Waals surface area contributed by atoms with Gasteiger partial charge >= 0.3 is 6.03 Å². The van der Waals surface area contributed by atoms with E-state index in [4.69, 9.17) is 9.47 Å². The predicted octanol–water partition coefficient (Wildman–Crippen LogP) is 7.90. The molecular formula is C38H38N2O2S+2. The van der Waals surface area contributed by atoms with Crippen molar-refractivity contribution in [3.05, 3.63) is 112 Å². The third kappa shape index (κ3) is 4.51. The van der Waals surface area contributed by atoms with Crippen LogP contribution in [-0.4, -0.2) is 45.5 Å². The van der Waals surface area contributed by atoms with Gasteiger partial charge in [0.2, 0.25) is 12.1 Å². The summed E-state index contributed by atoms with van der Waals surface area (Å²) in [5.41, 5.74) is 9.66. The third-order valence-electron chi connectivity index (χ3n) is 9.53. The molecule has 0 aromatic heterocycles. The molecule has 4 aliphatic rings. The number of aryl methyl sites for hydroxylation is 4. The molecule has 1 aliphatic carbocycles. The molecule has 3 heterocycles. The summed E-state index contributed by atoms with van der Waals surface area (Å²) in [4.78, 5) is 1.31. The number of rotatable bonds is 5. The van der Waals surface area contributed by atoms with E-state index in [9.17, 15) is 0 Å². The molecule has 3 atom stereocenters. The number of nitrogens with zero attached hydrogens (tertiary/aromatic N) is 2. The Morgan fingerprint density at radius 1 is 0.721 bits per heavy atom. The van der Waals surface area contributed by atoms with Crippen molar-refractivity contribution in [3.63, 3.8) is 0 Å². The molecule has 1 spiro atoms. The Labute approximate surface area is 258 Å². The SMILES string of the molecule is Cc1cc(C)c2c(c1)C=[N+]1C3CCCCC3[N+]3=Cc4cc(-c5ccc(SCCc6ccccc6)cc5)cc(C)c4OC13O2. The van der Waals surface area contributed by atoms with Crippen LogP contribution < -0.4 is 9.47 Å². The highest BCUT2D eigenvalue weighted by Gasteiger charge is 2.76. The molecular weight excluding hydrogens is 548 g/mol. The highest BCUT2D eigenvalue weighted by atomic mass is 32.2. The second kappa shape index (κ2) is 10.4. The molecule has 0 amide bonds. The number of thioether (sulfide) groups is 1. The molecule has 216 valence electrons. The molecule has 3 aliphatic heterocycles. The van der Waals surface area contributed by atoms with E-state index in [1.165, 1.54) is 40.0 Å². The van der Waals surface area contributed by atoms with Crippen molar-refractivity contribution in [2.75, 3.05) is 5.75 Å². The van der Waals surface area contributed by atoms with Crippen LogP contribution in [0.4, 0.5) is 0 Å². The van der Waals surface area contributed by atoms with Gasteiger partial charge in [-0.1, -0.05) is 57.7 Å². The fraction of sp³-hybridized carbons (Fsp3) is 0.316. The molecule has 8 rings (SSSR count). The van der Waals surface area contributed by atoms with Gasteiger partial charge in [-0.25, -0.2) is 0 Å².